The summed E-state index contributed by atoms with van der Waals surface area (Å²) in [7, 11) is 0. The summed E-state index contributed by atoms with van der Waals surface area (Å²) >= 11 is 0. The molecule has 0 heterocycles. The molecule has 0 amide bonds. The van der Waals surface area contributed by atoms with Crippen molar-refractivity contribution in [2.45, 2.75) is 335 Å². The Morgan fingerprint density at radius 2 is 0.536 bits per heavy atom. The van der Waals surface area contributed by atoms with Crippen molar-refractivity contribution < 1.29 is 28.6 Å². The van der Waals surface area contributed by atoms with E-state index in [-0.39, 0.29) is 31.1 Å². The number of hydrogen-bond donors (Lipinski definition) is 0. The van der Waals surface area contributed by atoms with Gasteiger partial charge < -0.3 is 14.2 Å². The molecule has 0 N–H and O–H groups in total. The van der Waals surface area contributed by atoms with Gasteiger partial charge in [0.05, 0.1) is 0 Å². The SMILES string of the molecule is CCCC/C=C\C/C=C\CCCCCCCC(=O)OC(COC(=O)CCCCCCCC)COC(=O)CCCCCCCCCCCCCCCCCCCCC/C=C\CCCCCCCCCC. The molecule has 0 saturated carbocycles. The van der Waals surface area contributed by atoms with Crippen LogP contribution in [0, 0.1) is 0 Å². The second-order valence-corrected chi connectivity index (χ2v) is 20.6. The molecule has 0 aliphatic heterocycles. The van der Waals surface area contributed by atoms with Gasteiger partial charge in [-0.1, -0.05) is 276 Å². The first-order valence-electron chi connectivity index (χ1n) is 30.5. The summed E-state index contributed by atoms with van der Waals surface area (Å²) < 4.78 is 16.7. The van der Waals surface area contributed by atoms with Crippen molar-refractivity contribution in [3.63, 3.8) is 0 Å². The Morgan fingerprint density at radius 3 is 0.855 bits per heavy atom. The maximum absolute atomic E-state index is 12.8. The Balaban J connectivity index is 3.94. The molecular weight excluding hydrogens is 853 g/mol. The fourth-order valence-corrected chi connectivity index (χ4v) is 8.99. The van der Waals surface area contributed by atoms with Crippen LogP contribution in [0.15, 0.2) is 36.5 Å². The van der Waals surface area contributed by atoms with Crippen molar-refractivity contribution in [3.05, 3.63) is 36.5 Å². The minimum atomic E-state index is -0.773. The number of hydrogen-bond acceptors (Lipinski definition) is 6. The molecule has 0 fully saturated rings. The van der Waals surface area contributed by atoms with Crippen LogP contribution in [0.25, 0.3) is 0 Å². The first-order chi connectivity index (χ1) is 34.0. The van der Waals surface area contributed by atoms with Crippen LogP contribution in [0.2, 0.25) is 0 Å². The lowest BCUT2D eigenvalue weighted by molar-refractivity contribution is -0.167. The largest absolute Gasteiger partial charge is 0.462 e. The number of carbonyl (C=O) groups is 3. The van der Waals surface area contributed by atoms with Crippen LogP contribution in [-0.2, 0) is 28.6 Å². The smallest absolute Gasteiger partial charge is 0.306 e. The summed E-state index contributed by atoms with van der Waals surface area (Å²) in [6, 6.07) is 0. The summed E-state index contributed by atoms with van der Waals surface area (Å²) in [4.78, 5) is 37.8. The van der Waals surface area contributed by atoms with Gasteiger partial charge >= 0.3 is 17.9 Å². The third-order valence-corrected chi connectivity index (χ3v) is 13.6. The molecule has 1 atom stereocenters. The van der Waals surface area contributed by atoms with E-state index in [1.807, 2.05) is 0 Å². The van der Waals surface area contributed by atoms with Crippen LogP contribution in [-0.4, -0.2) is 37.2 Å². The molecule has 0 spiro atoms. The van der Waals surface area contributed by atoms with Crippen LogP contribution in [0.4, 0.5) is 0 Å². The average Bonchev–Trinajstić information content (AvgIpc) is 3.35. The molecule has 404 valence electrons. The van der Waals surface area contributed by atoms with Gasteiger partial charge in [-0.15, -0.1) is 0 Å². The lowest BCUT2D eigenvalue weighted by Crippen LogP contribution is -2.30. The minimum Gasteiger partial charge on any atom is -0.462 e. The Labute approximate surface area is 429 Å². The van der Waals surface area contributed by atoms with Gasteiger partial charge in [0.15, 0.2) is 6.10 Å². The third kappa shape index (κ3) is 56.4. The Morgan fingerprint density at radius 1 is 0.290 bits per heavy atom. The molecule has 0 radical (unpaired) electrons. The topological polar surface area (TPSA) is 78.9 Å². The maximum atomic E-state index is 12.8. The van der Waals surface area contributed by atoms with Crippen molar-refractivity contribution in [1.82, 2.24) is 0 Å². The first-order valence-corrected chi connectivity index (χ1v) is 30.5. The third-order valence-electron chi connectivity index (χ3n) is 13.6. The Kier molecular flexibility index (Phi) is 56.2. The second-order valence-electron chi connectivity index (χ2n) is 20.6. The lowest BCUT2D eigenvalue weighted by atomic mass is 10.0. The van der Waals surface area contributed by atoms with E-state index in [0.717, 1.165) is 83.5 Å². The first kappa shape index (κ1) is 66.6. The zero-order valence-corrected chi connectivity index (χ0v) is 46.3. The minimum absolute atomic E-state index is 0.0744. The van der Waals surface area contributed by atoms with Crippen LogP contribution in [0.3, 0.4) is 0 Å². The quantitative estimate of drug-likeness (QED) is 0.0261. The van der Waals surface area contributed by atoms with E-state index in [1.54, 1.807) is 0 Å². The highest BCUT2D eigenvalue weighted by Crippen LogP contribution is 2.17. The molecule has 0 rings (SSSR count). The molecule has 0 aliphatic carbocycles. The van der Waals surface area contributed by atoms with Gasteiger partial charge in [0, 0.05) is 19.3 Å². The number of rotatable bonds is 56. The summed E-state index contributed by atoms with van der Waals surface area (Å²) in [5, 5.41) is 0. The van der Waals surface area contributed by atoms with E-state index >= 15 is 0 Å². The maximum Gasteiger partial charge on any atom is 0.306 e. The molecule has 0 aliphatic rings. The van der Waals surface area contributed by atoms with Gasteiger partial charge in [-0.2, -0.15) is 0 Å². The molecule has 0 saturated heterocycles. The molecule has 69 heavy (non-hydrogen) atoms. The molecule has 6 heteroatoms. The van der Waals surface area contributed by atoms with Gasteiger partial charge in [0.25, 0.3) is 0 Å². The van der Waals surface area contributed by atoms with Crippen molar-refractivity contribution in [2.75, 3.05) is 13.2 Å². The van der Waals surface area contributed by atoms with Crippen LogP contribution in [0.5, 0.6) is 0 Å². The average molecular weight is 970 g/mol. The van der Waals surface area contributed by atoms with E-state index < -0.39 is 6.10 Å². The van der Waals surface area contributed by atoms with Gasteiger partial charge in [-0.05, 0) is 70.6 Å². The molecule has 0 aromatic carbocycles. The van der Waals surface area contributed by atoms with Gasteiger partial charge in [0.1, 0.15) is 13.2 Å². The number of allylic oxidation sites excluding steroid dienone is 6. The molecule has 0 aromatic rings. The number of esters is 3. The normalized spacial score (nSPS) is 12.2. The number of carbonyl (C=O) groups excluding carboxylic acids is 3. The zero-order valence-electron chi connectivity index (χ0n) is 46.3. The zero-order chi connectivity index (χ0) is 50.0. The van der Waals surface area contributed by atoms with E-state index in [0.29, 0.717) is 19.3 Å². The van der Waals surface area contributed by atoms with E-state index in [1.165, 1.54) is 205 Å². The van der Waals surface area contributed by atoms with Crippen molar-refractivity contribution in [3.8, 4) is 0 Å². The summed E-state index contributed by atoms with van der Waals surface area (Å²) in [6.07, 6.45) is 70.6. The van der Waals surface area contributed by atoms with Gasteiger partial charge in [-0.3, -0.25) is 14.4 Å². The lowest BCUT2D eigenvalue weighted by Gasteiger charge is -2.18. The molecule has 6 nitrogen and oxygen atoms in total. The van der Waals surface area contributed by atoms with Crippen molar-refractivity contribution in [1.29, 1.82) is 0 Å². The monoisotopic (exact) mass is 969 g/mol. The summed E-state index contributed by atoms with van der Waals surface area (Å²) in [5.41, 5.74) is 0. The van der Waals surface area contributed by atoms with Crippen molar-refractivity contribution >= 4 is 17.9 Å². The Bertz CT molecular complexity index is 1160. The molecule has 0 aromatic heterocycles. The van der Waals surface area contributed by atoms with E-state index in [2.05, 4.69) is 57.2 Å². The standard InChI is InChI=1S/C63H116O6/c1-4-7-10-13-16-18-20-22-24-25-26-27-28-29-30-31-32-33-34-35-36-37-38-39-40-42-43-45-47-50-53-56-62(65)68-59-60(58-67-61(64)55-52-49-15-12-9-6-3)69-63(66)57-54-51-48-46-44-41-23-21-19-17-14-11-8-5-2/h14,17,21,23,25-26,60H,4-13,15-16,18-20,22,24,27-59H2,1-3H3/b17-14-,23-21-,26-25-. The molecular formula is C63H116O6. The van der Waals surface area contributed by atoms with Gasteiger partial charge in [0.2, 0.25) is 0 Å². The van der Waals surface area contributed by atoms with E-state index in [4.69, 9.17) is 14.2 Å². The summed E-state index contributed by atoms with van der Waals surface area (Å²) in [6.45, 7) is 6.56. The summed E-state index contributed by atoms with van der Waals surface area (Å²) in [5.74, 6) is -0.884. The van der Waals surface area contributed by atoms with Crippen molar-refractivity contribution in [2.24, 2.45) is 0 Å². The molecule has 0 bridgehead atoms. The predicted molar refractivity (Wildman–Crippen MR) is 298 cm³/mol. The fourth-order valence-electron chi connectivity index (χ4n) is 8.99. The number of unbranched alkanes of at least 4 members (excludes halogenated alkanes) is 39. The highest BCUT2D eigenvalue weighted by molar-refractivity contribution is 5.71. The molecule has 1 unspecified atom stereocenters. The number of ether oxygens (including phenoxy) is 3. The second kappa shape index (κ2) is 58.2. The van der Waals surface area contributed by atoms with Gasteiger partial charge in [-0.25, -0.2) is 0 Å². The van der Waals surface area contributed by atoms with Crippen LogP contribution < -0.4 is 0 Å². The van der Waals surface area contributed by atoms with Crippen LogP contribution in [0.1, 0.15) is 329 Å². The van der Waals surface area contributed by atoms with Crippen LogP contribution >= 0.6 is 0 Å². The highest BCUT2D eigenvalue weighted by Gasteiger charge is 2.19. The predicted octanol–water partition coefficient (Wildman–Crippen LogP) is 20.4. The fraction of sp³-hybridized carbons (Fsp3) is 0.857. The Hall–Kier alpha value is -2.37. The highest BCUT2D eigenvalue weighted by atomic mass is 16.6. The van der Waals surface area contributed by atoms with E-state index in [9.17, 15) is 14.4 Å².